The molecule has 74 valence electrons. The van der Waals surface area contributed by atoms with E-state index in [1.54, 1.807) is 6.92 Å². The fraction of sp³-hybridized carbons (Fsp3) is 0.375. The van der Waals surface area contributed by atoms with Crippen molar-refractivity contribution in [1.29, 1.82) is 0 Å². The number of carboxylic acid groups (broad SMARTS) is 1. The van der Waals surface area contributed by atoms with E-state index in [2.05, 4.69) is 6.58 Å². The molecule has 0 fully saturated rings. The topological polar surface area (TPSA) is 97.5 Å². The fourth-order valence-electron chi connectivity index (χ4n) is 0.213. The molecule has 0 atom stereocenters. The molecule has 0 saturated heterocycles. The van der Waals surface area contributed by atoms with E-state index in [1.165, 1.54) is 6.92 Å². The van der Waals surface area contributed by atoms with E-state index in [0.717, 1.165) is 0 Å². The molecule has 0 radical (unpaired) electrons. The molecule has 0 bridgehead atoms. The van der Waals surface area contributed by atoms with Crippen molar-refractivity contribution in [3.63, 3.8) is 0 Å². The van der Waals surface area contributed by atoms with E-state index in [4.69, 9.17) is 10.8 Å². The van der Waals surface area contributed by atoms with Crippen LogP contribution in [0.25, 0.3) is 0 Å². The lowest BCUT2D eigenvalue weighted by Gasteiger charge is -1.81. The average molecular weight is 187 g/mol. The molecule has 1 amide bonds. The second kappa shape index (κ2) is 7.02. The molecule has 0 aliphatic rings. The zero-order valence-corrected chi connectivity index (χ0v) is 7.66. The summed E-state index contributed by atoms with van der Waals surface area (Å²) >= 11 is 0. The van der Waals surface area contributed by atoms with Crippen molar-refractivity contribution in [3.05, 3.63) is 12.2 Å². The Morgan fingerprint density at radius 3 is 1.62 bits per heavy atom. The van der Waals surface area contributed by atoms with Gasteiger partial charge in [0.2, 0.25) is 5.91 Å². The van der Waals surface area contributed by atoms with E-state index in [1.807, 2.05) is 0 Å². The van der Waals surface area contributed by atoms with Gasteiger partial charge in [0.05, 0.1) is 0 Å². The second-order valence-electron chi connectivity index (χ2n) is 2.42. The number of carbonyl (C=O) groups is 3. The van der Waals surface area contributed by atoms with Gasteiger partial charge in [0, 0.05) is 5.57 Å². The van der Waals surface area contributed by atoms with Gasteiger partial charge in [0.15, 0.2) is 0 Å². The SMILES string of the molecule is C=C(C)C(N)=O.CC(=O)CC(=O)O. The highest BCUT2D eigenvalue weighted by Crippen LogP contribution is 1.78. The van der Waals surface area contributed by atoms with Gasteiger partial charge in [0.25, 0.3) is 0 Å². The van der Waals surface area contributed by atoms with Crippen LogP contribution < -0.4 is 5.73 Å². The number of primary amides is 1. The first-order valence-corrected chi connectivity index (χ1v) is 3.44. The summed E-state index contributed by atoms with van der Waals surface area (Å²) in [6, 6.07) is 0. The molecule has 3 N–H and O–H groups in total. The number of amides is 1. The number of nitrogens with two attached hydrogens (primary N) is 1. The Kier molecular flexibility index (Phi) is 7.51. The molecule has 0 saturated carbocycles. The molecular weight excluding hydrogens is 174 g/mol. The maximum atomic E-state index is 9.87. The largest absolute Gasteiger partial charge is 0.481 e. The summed E-state index contributed by atoms with van der Waals surface area (Å²) in [6.07, 6.45) is -0.361. The number of rotatable bonds is 3. The Balaban J connectivity index is 0. The molecule has 5 heteroatoms. The molecule has 0 heterocycles. The van der Waals surface area contributed by atoms with Gasteiger partial charge in [0.1, 0.15) is 12.2 Å². The van der Waals surface area contributed by atoms with Crippen LogP contribution in [0.2, 0.25) is 0 Å². The van der Waals surface area contributed by atoms with Crippen molar-refractivity contribution >= 4 is 17.7 Å². The predicted molar refractivity (Wildman–Crippen MR) is 46.9 cm³/mol. The summed E-state index contributed by atoms with van der Waals surface area (Å²) in [5.74, 6) is -1.81. The molecule has 5 nitrogen and oxygen atoms in total. The van der Waals surface area contributed by atoms with Crippen LogP contribution in [0.4, 0.5) is 0 Å². The van der Waals surface area contributed by atoms with Crippen LogP contribution in [0.1, 0.15) is 20.3 Å². The number of hydrogen-bond acceptors (Lipinski definition) is 3. The van der Waals surface area contributed by atoms with Crippen molar-refractivity contribution in [2.24, 2.45) is 5.73 Å². The number of carbonyl (C=O) groups excluding carboxylic acids is 2. The molecule has 0 rings (SSSR count). The first kappa shape index (κ1) is 13.9. The minimum absolute atomic E-state index is 0.312. The number of Topliss-reactive ketones (excluding diaryl/α,β-unsaturated/α-hetero) is 1. The normalized spacial score (nSPS) is 7.85. The van der Waals surface area contributed by atoms with Crippen LogP contribution in [0, 0.1) is 0 Å². The summed E-state index contributed by atoms with van der Waals surface area (Å²) in [7, 11) is 0. The Hall–Kier alpha value is -1.65. The van der Waals surface area contributed by atoms with Crippen molar-refractivity contribution in [3.8, 4) is 0 Å². The molecule has 0 unspecified atom stereocenters. The lowest BCUT2D eigenvalue weighted by Crippen LogP contribution is -2.10. The third-order valence-corrected chi connectivity index (χ3v) is 0.821. The summed E-state index contributed by atoms with van der Waals surface area (Å²) in [6.45, 7) is 6.10. The first-order chi connectivity index (χ1) is 5.77. The van der Waals surface area contributed by atoms with Crippen LogP contribution in [-0.4, -0.2) is 22.8 Å². The lowest BCUT2D eigenvalue weighted by molar-refractivity contribution is -0.139. The molecule has 0 aliphatic heterocycles. The zero-order chi connectivity index (χ0) is 11.0. The standard InChI is InChI=1S/C4H7NO.C4H6O3/c1-3(2)4(5)6;1-3(5)2-4(6)7/h1H2,2H3,(H2,5,6);2H2,1H3,(H,6,7). The Labute approximate surface area is 76.2 Å². The number of ketones is 1. The van der Waals surface area contributed by atoms with E-state index in [-0.39, 0.29) is 12.2 Å². The van der Waals surface area contributed by atoms with Crippen LogP contribution in [0.5, 0.6) is 0 Å². The van der Waals surface area contributed by atoms with Gasteiger partial charge < -0.3 is 10.8 Å². The monoisotopic (exact) mass is 187 g/mol. The number of hydrogen-bond donors (Lipinski definition) is 2. The highest BCUT2D eigenvalue weighted by atomic mass is 16.4. The Morgan fingerprint density at radius 1 is 1.31 bits per heavy atom. The third-order valence-electron chi connectivity index (χ3n) is 0.821. The predicted octanol–water partition coefficient (Wildman–Crippen LogP) is 0.0979. The van der Waals surface area contributed by atoms with Crippen molar-refractivity contribution in [2.75, 3.05) is 0 Å². The Bertz CT molecular complexity index is 208. The minimum atomic E-state index is -1.06. The summed E-state index contributed by atoms with van der Waals surface area (Å²) < 4.78 is 0. The van der Waals surface area contributed by atoms with Crippen molar-refractivity contribution in [1.82, 2.24) is 0 Å². The van der Waals surface area contributed by atoms with E-state index in [9.17, 15) is 14.4 Å². The van der Waals surface area contributed by atoms with Crippen LogP contribution in [0.3, 0.4) is 0 Å². The molecule has 0 aliphatic carbocycles. The number of carboxylic acids is 1. The summed E-state index contributed by atoms with van der Waals surface area (Å²) in [4.78, 5) is 29.3. The maximum absolute atomic E-state index is 9.87. The lowest BCUT2D eigenvalue weighted by atomic mass is 10.3. The summed E-state index contributed by atoms with van der Waals surface area (Å²) in [5.41, 5.74) is 5.09. The minimum Gasteiger partial charge on any atom is -0.481 e. The van der Waals surface area contributed by atoms with Crippen LogP contribution in [0.15, 0.2) is 12.2 Å². The second-order valence-corrected chi connectivity index (χ2v) is 2.42. The van der Waals surface area contributed by atoms with Crippen molar-refractivity contribution in [2.45, 2.75) is 20.3 Å². The van der Waals surface area contributed by atoms with Crippen LogP contribution in [-0.2, 0) is 14.4 Å². The van der Waals surface area contributed by atoms with Gasteiger partial charge in [-0.15, -0.1) is 0 Å². The molecule has 13 heavy (non-hydrogen) atoms. The van der Waals surface area contributed by atoms with Gasteiger partial charge in [-0.3, -0.25) is 14.4 Å². The number of aliphatic carboxylic acids is 1. The van der Waals surface area contributed by atoms with Gasteiger partial charge in [-0.05, 0) is 13.8 Å². The van der Waals surface area contributed by atoms with E-state index in [0.29, 0.717) is 5.57 Å². The zero-order valence-electron chi connectivity index (χ0n) is 7.66. The quantitative estimate of drug-likeness (QED) is 0.483. The van der Waals surface area contributed by atoms with E-state index < -0.39 is 11.9 Å². The molecule has 0 aromatic rings. The smallest absolute Gasteiger partial charge is 0.310 e. The average Bonchev–Trinajstić information content (AvgIpc) is 1.84. The van der Waals surface area contributed by atoms with Crippen LogP contribution >= 0.6 is 0 Å². The van der Waals surface area contributed by atoms with Gasteiger partial charge >= 0.3 is 5.97 Å². The molecule has 0 aromatic heterocycles. The highest BCUT2D eigenvalue weighted by molar-refractivity contribution is 5.93. The highest BCUT2D eigenvalue weighted by Gasteiger charge is 1.98. The molecular formula is C8H13NO4. The Morgan fingerprint density at radius 2 is 1.62 bits per heavy atom. The third kappa shape index (κ3) is 17.9. The molecule has 0 aromatic carbocycles. The summed E-state index contributed by atoms with van der Waals surface area (Å²) in [5, 5.41) is 7.86. The first-order valence-electron chi connectivity index (χ1n) is 3.44. The fourth-order valence-corrected chi connectivity index (χ4v) is 0.213. The van der Waals surface area contributed by atoms with Gasteiger partial charge in [-0.25, -0.2) is 0 Å². The molecule has 0 spiro atoms. The van der Waals surface area contributed by atoms with Crippen molar-refractivity contribution < 1.29 is 19.5 Å². The maximum Gasteiger partial charge on any atom is 0.310 e. The van der Waals surface area contributed by atoms with Gasteiger partial charge in [-0.1, -0.05) is 6.58 Å². The van der Waals surface area contributed by atoms with E-state index >= 15 is 0 Å². The van der Waals surface area contributed by atoms with Gasteiger partial charge in [-0.2, -0.15) is 0 Å².